The molecule has 2 aromatic heterocycles. The Labute approximate surface area is 133 Å². The molecule has 118 valence electrons. The fourth-order valence-corrected chi connectivity index (χ4v) is 3.26. The number of amides is 1. The second-order valence-corrected chi connectivity index (χ2v) is 6.51. The van der Waals surface area contributed by atoms with E-state index in [0.29, 0.717) is 12.3 Å². The second kappa shape index (κ2) is 6.56. The van der Waals surface area contributed by atoms with Crippen LogP contribution in [0.5, 0.6) is 0 Å². The van der Waals surface area contributed by atoms with Crippen molar-refractivity contribution in [1.29, 1.82) is 0 Å². The van der Waals surface area contributed by atoms with Crippen molar-refractivity contribution in [3.8, 4) is 0 Å². The zero-order valence-electron chi connectivity index (χ0n) is 12.9. The molecule has 0 N–H and O–H groups in total. The van der Waals surface area contributed by atoms with Crippen molar-refractivity contribution in [3.05, 3.63) is 35.5 Å². The molecule has 0 aliphatic carbocycles. The van der Waals surface area contributed by atoms with Crippen LogP contribution in [0.15, 0.2) is 22.9 Å². The second-order valence-electron chi connectivity index (χ2n) is 5.65. The SMILES string of the molecule is CSCc1cn(CC2CCCN2C(=O)c2cc(C)co2)nn1. The molecule has 0 aromatic carbocycles. The average Bonchev–Trinajstić information content (AvgIpc) is 3.21. The van der Waals surface area contributed by atoms with E-state index < -0.39 is 0 Å². The van der Waals surface area contributed by atoms with Gasteiger partial charge in [0.25, 0.3) is 5.91 Å². The Morgan fingerprint density at radius 1 is 1.55 bits per heavy atom. The van der Waals surface area contributed by atoms with Crippen molar-refractivity contribution in [2.75, 3.05) is 12.8 Å². The summed E-state index contributed by atoms with van der Waals surface area (Å²) in [4.78, 5) is 14.4. The Hall–Kier alpha value is -1.76. The summed E-state index contributed by atoms with van der Waals surface area (Å²) in [6, 6.07) is 1.95. The van der Waals surface area contributed by atoms with Crippen LogP contribution < -0.4 is 0 Å². The number of carbonyl (C=O) groups is 1. The van der Waals surface area contributed by atoms with Gasteiger partial charge in [-0.1, -0.05) is 5.21 Å². The zero-order chi connectivity index (χ0) is 15.5. The van der Waals surface area contributed by atoms with E-state index in [9.17, 15) is 4.79 Å². The van der Waals surface area contributed by atoms with E-state index >= 15 is 0 Å². The van der Waals surface area contributed by atoms with Crippen LogP contribution in [0, 0.1) is 6.92 Å². The molecular weight excluding hydrogens is 300 g/mol. The Morgan fingerprint density at radius 3 is 3.14 bits per heavy atom. The van der Waals surface area contributed by atoms with Crippen molar-refractivity contribution in [2.24, 2.45) is 0 Å². The summed E-state index contributed by atoms with van der Waals surface area (Å²) in [6.45, 7) is 3.38. The number of aryl methyl sites for hydroxylation is 1. The minimum atomic E-state index is -0.0277. The van der Waals surface area contributed by atoms with E-state index in [0.717, 1.165) is 36.4 Å². The van der Waals surface area contributed by atoms with Gasteiger partial charge in [0.1, 0.15) is 0 Å². The van der Waals surface area contributed by atoms with Crippen molar-refractivity contribution < 1.29 is 9.21 Å². The summed E-state index contributed by atoms with van der Waals surface area (Å²) in [5.74, 6) is 1.25. The molecule has 0 spiro atoms. The first-order chi connectivity index (χ1) is 10.7. The van der Waals surface area contributed by atoms with E-state index in [1.54, 1.807) is 24.1 Å². The van der Waals surface area contributed by atoms with Gasteiger partial charge in [-0.3, -0.25) is 9.48 Å². The number of hydrogen-bond acceptors (Lipinski definition) is 5. The molecule has 22 heavy (non-hydrogen) atoms. The zero-order valence-corrected chi connectivity index (χ0v) is 13.7. The molecule has 1 aliphatic heterocycles. The molecule has 1 atom stereocenters. The first-order valence-electron chi connectivity index (χ1n) is 7.41. The monoisotopic (exact) mass is 320 g/mol. The lowest BCUT2D eigenvalue weighted by Crippen LogP contribution is -2.38. The van der Waals surface area contributed by atoms with E-state index in [-0.39, 0.29) is 11.9 Å². The van der Waals surface area contributed by atoms with Crippen molar-refractivity contribution in [1.82, 2.24) is 19.9 Å². The maximum absolute atomic E-state index is 12.6. The van der Waals surface area contributed by atoms with Crippen molar-refractivity contribution >= 4 is 17.7 Å². The van der Waals surface area contributed by atoms with Crippen LogP contribution in [0.25, 0.3) is 0 Å². The summed E-state index contributed by atoms with van der Waals surface area (Å²) >= 11 is 1.72. The average molecular weight is 320 g/mol. The highest BCUT2D eigenvalue weighted by Crippen LogP contribution is 2.22. The maximum atomic E-state index is 12.6. The molecule has 0 bridgehead atoms. The number of thioether (sulfide) groups is 1. The molecule has 0 radical (unpaired) electrons. The van der Waals surface area contributed by atoms with Crippen LogP contribution in [0.2, 0.25) is 0 Å². The predicted octanol–water partition coefficient (Wildman–Crippen LogP) is 2.35. The summed E-state index contributed by atoms with van der Waals surface area (Å²) in [6.07, 6.45) is 7.63. The molecule has 1 unspecified atom stereocenters. The Kier molecular flexibility index (Phi) is 4.52. The van der Waals surface area contributed by atoms with E-state index in [1.165, 1.54) is 0 Å². The topological polar surface area (TPSA) is 64.2 Å². The van der Waals surface area contributed by atoms with Crippen LogP contribution in [0.4, 0.5) is 0 Å². The molecule has 0 saturated carbocycles. The highest BCUT2D eigenvalue weighted by Gasteiger charge is 2.31. The summed E-state index contributed by atoms with van der Waals surface area (Å²) in [5.41, 5.74) is 1.95. The van der Waals surface area contributed by atoms with Crippen LogP contribution in [-0.4, -0.2) is 44.6 Å². The Balaban J connectivity index is 1.68. The molecule has 7 heteroatoms. The van der Waals surface area contributed by atoms with Crippen LogP contribution in [0.1, 0.15) is 34.7 Å². The van der Waals surface area contributed by atoms with Crippen molar-refractivity contribution in [3.63, 3.8) is 0 Å². The smallest absolute Gasteiger partial charge is 0.289 e. The molecular formula is C15H20N4O2S. The van der Waals surface area contributed by atoms with Gasteiger partial charge in [0.15, 0.2) is 5.76 Å². The van der Waals surface area contributed by atoms with Crippen molar-refractivity contribution in [2.45, 2.75) is 38.1 Å². The number of carbonyl (C=O) groups excluding carboxylic acids is 1. The molecule has 6 nitrogen and oxygen atoms in total. The summed E-state index contributed by atoms with van der Waals surface area (Å²) in [5, 5.41) is 8.31. The highest BCUT2D eigenvalue weighted by molar-refractivity contribution is 7.97. The third kappa shape index (κ3) is 3.19. The van der Waals surface area contributed by atoms with E-state index in [2.05, 4.69) is 10.3 Å². The number of nitrogens with zero attached hydrogens (tertiary/aromatic N) is 4. The van der Waals surface area contributed by atoms with Crippen LogP contribution in [0.3, 0.4) is 0 Å². The fourth-order valence-electron chi connectivity index (χ4n) is 2.84. The fraction of sp³-hybridized carbons (Fsp3) is 0.533. The lowest BCUT2D eigenvalue weighted by molar-refractivity contribution is 0.0689. The van der Waals surface area contributed by atoms with Crippen LogP contribution in [-0.2, 0) is 12.3 Å². The van der Waals surface area contributed by atoms with E-state index in [4.69, 9.17) is 4.42 Å². The lowest BCUT2D eigenvalue weighted by Gasteiger charge is -2.23. The summed E-state index contributed by atoms with van der Waals surface area (Å²) in [7, 11) is 0. The Morgan fingerprint density at radius 2 is 2.41 bits per heavy atom. The highest BCUT2D eigenvalue weighted by atomic mass is 32.2. The number of aromatic nitrogens is 3. The Bertz CT molecular complexity index is 652. The van der Waals surface area contributed by atoms with Gasteiger partial charge in [-0.25, -0.2) is 0 Å². The van der Waals surface area contributed by atoms with Gasteiger partial charge < -0.3 is 9.32 Å². The molecule has 3 heterocycles. The molecule has 1 fully saturated rings. The molecule has 1 saturated heterocycles. The first-order valence-corrected chi connectivity index (χ1v) is 8.81. The van der Waals surface area contributed by atoms with Gasteiger partial charge >= 0.3 is 0 Å². The van der Waals surface area contributed by atoms with Gasteiger partial charge in [-0.2, -0.15) is 11.8 Å². The third-order valence-corrected chi connectivity index (χ3v) is 4.44. The van der Waals surface area contributed by atoms with E-state index in [1.807, 2.05) is 29.0 Å². The van der Waals surface area contributed by atoms with Gasteiger partial charge in [0, 0.05) is 18.5 Å². The maximum Gasteiger partial charge on any atom is 0.289 e. The minimum absolute atomic E-state index is 0.0277. The molecule has 2 aromatic rings. The standard InChI is InChI=1S/C15H20N4O2S/c1-11-6-14(21-9-11)15(20)19-5-3-4-13(19)8-18-7-12(10-22-2)16-17-18/h6-7,9,13H,3-5,8,10H2,1-2H3. The lowest BCUT2D eigenvalue weighted by atomic mass is 10.2. The molecule has 3 rings (SSSR count). The predicted molar refractivity (Wildman–Crippen MR) is 84.7 cm³/mol. The molecule has 1 amide bonds. The number of hydrogen-bond donors (Lipinski definition) is 0. The number of rotatable bonds is 5. The largest absolute Gasteiger partial charge is 0.459 e. The van der Waals surface area contributed by atoms with Gasteiger partial charge in [-0.15, -0.1) is 5.10 Å². The van der Waals surface area contributed by atoms with Gasteiger partial charge in [0.2, 0.25) is 0 Å². The first kappa shape index (κ1) is 15.1. The van der Waals surface area contributed by atoms with Crippen LogP contribution >= 0.6 is 11.8 Å². The third-order valence-electron chi connectivity index (χ3n) is 3.86. The quantitative estimate of drug-likeness (QED) is 0.846. The number of furan rings is 1. The summed E-state index contributed by atoms with van der Waals surface area (Å²) < 4.78 is 7.19. The van der Waals surface area contributed by atoms with Gasteiger partial charge in [0.05, 0.1) is 24.5 Å². The number of likely N-dealkylation sites (tertiary alicyclic amines) is 1. The van der Waals surface area contributed by atoms with Gasteiger partial charge in [-0.05, 0) is 37.7 Å². The minimum Gasteiger partial charge on any atom is -0.459 e. The molecule has 1 aliphatic rings. The normalized spacial score (nSPS) is 18.1.